The van der Waals surface area contributed by atoms with Crippen LogP contribution in [0.15, 0.2) is 69.8 Å². The standard InChI is InChI=1S/C35H43N2O3S/c1-9-36-11-10-27(29-19-28(39-7)20-31(40-8)34(29)36)17-25-16-26(22-35(4,5)21-25)18-33-37(12-13-38-6)30-14-23(2)24(3)15-32(30)41-33/h10-11,14-20H,9,12-13,21-22H2,1-8H3/q+1. The Morgan fingerprint density at radius 2 is 1.78 bits per heavy atom. The molecule has 1 aromatic heterocycles. The summed E-state index contributed by atoms with van der Waals surface area (Å²) in [4.78, 5) is 3.75. The Hall–Kier alpha value is -3.22. The van der Waals surface area contributed by atoms with Gasteiger partial charge < -0.3 is 19.1 Å². The first-order chi connectivity index (χ1) is 19.7. The first kappa shape index (κ1) is 29.3. The number of methoxy groups -OCH3 is 3. The fourth-order valence-corrected chi connectivity index (χ4v) is 7.27. The lowest BCUT2D eigenvalue weighted by atomic mass is 9.75. The molecule has 0 saturated heterocycles. The van der Waals surface area contributed by atoms with Gasteiger partial charge in [-0.05, 0) is 91.1 Å². The van der Waals surface area contributed by atoms with Crippen molar-refractivity contribution in [3.05, 3.63) is 81.5 Å². The van der Waals surface area contributed by atoms with Crippen LogP contribution in [-0.2, 0) is 11.3 Å². The van der Waals surface area contributed by atoms with Crippen LogP contribution in [0, 0.1) is 19.3 Å². The largest absolute Gasteiger partial charge is 0.497 e. The summed E-state index contributed by atoms with van der Waals surface area (Å²) in [5.41, 5.74) is 9.05. The average Bonchev–Trinajstić information content (AvgIpc) is 3.25. The van der Waals surface area contributed by atoms with E-state index in [2.05, 4.69) is 92.8 Å². The molecule has 0 bridgehead atoms. The molecule has 0 unspecified atom stereocenters. The van der Waals surface area contributed by atoms with E-state index >= 15 is 0 Å². The van der Waals surface area contributed by atoms with Gasteiger partial charge in [-0.2, -0.15) is 4.57 Å². The third kappa shape index (κ3) is 6.05. The van der Waals surface area contributed by atoms with Crippen LogP contribution in [-0.4, -0.2) is 34.5 Å². The van der Waals surface area contributed by atoms with Gasteiger partial charge >= 0.3 is 0 Å². The molecule has 41 heavy (non-hydrogen) atoms. The maximum atomic E-state index is 5.80. The zero-order valence-electron chi connectivity index (χ0n) is 25.8. The van der Waals surface area contributed by atoms with E-state index in [9.17, 15) is 0 Å². The quantitative estimate of drug-likeness (QED) is 0.256. The van der Waals surface area contributed by atoms with Crippen LogP contribution in [0.25, 0.3) is 17.0 Å². The highest BCUT2D eigenvalue weighted by Crippen LogP contribution is 2.49. The SMILES string of the molecule is CC[n+]1ccc(C=C2C=C(C=C3Sc4cc(C)c(C)cc4N3CCOC)CC(C)(C)C2)c2cc(OC)cc(OC)c21. The minimum Gasteiger partial charge on any atom is -0.497 e. The van der Waals surface area contributed by atoms with Crippen molar-refractivity contribution in [3.8, 4) is 11.5 Å². The molecule has 3 aromatic rings. The number of aromatic nitrogens is 1. The maximum Gasteiger partial charge on any atom is 0.255 e. The number of anilines is 1. The zero-order chi connectivity index (χ0) is 29.3. The Morgan fingerprint density at radius 3 is 2.49 bits per heavy atom. The molecule has 2 aromatic carbocycles. The second-order valence-corrected chi connectivity index (χ2v) is 12.9. The lowest BCUT2D eigenvalue weighted by Crippen LogP contribution is -2.33. The van der Waals surface area contributed by atoms with Crippen LogP contribution in [0.2, 0.25) is 0 Å². The van der Waals surface area contributed by atoms with Crippen LogP contribution in [0.5, 0.6) is 11.5 Å². The minimum atomic E-state index is 0.150. The van der Waals surface area contributed by atoms with E-state index in [-0.39, 0.29) is 5.41 Å². The number of allylic oxidation sites excluding steroid dienone is 4. The molecule has 216 valence electrons. The molecule has 0 N–H and O–H groups in total. The molecule has 0 amide bonds. The highest BCUT2D eigenvalue weighted by molar-refractivity contribution is 8.03. The number of benzene rings is 2. The van der Waals surface area contributed by atoms with E-state index in [0.717, 1.165) is 48.3 Å². The highest BCUT2D eigenvalue weighted by atomic mass is 32.2. The molecule has 5 rings (SSSR count). The Bertz CT molecular complexity index is 1570. The smallest absolute Gasteiger partial charge is 0.255 e. The van der Waals surface area contributed by atoms with Gasteiger partial charge in [0.1, 0.15) is 12.3 Å². The number of rotatable bonds is 8. The number of fused-ring (bicyclic) bond motifs is 2. The number of hydrogen-bond donors (Lipinski definition) is 0. The molecule has 0 fully saturated rings. The lowest BCUT2D eigenvalue weighted by molar-refractivity contribution is -0.668. The lowest BCUT2D eigenvalue weighted by Gasteiger charge is -2.31. The topological polar surface area (TPSA) is 34.8 Å². The first-order valence-corrected chi connectivity index (χ1v) is 15.2. The molecule has 1 aliphatic carbocycles. The Labute approximate surface area is 249 Å². The van der Waals surface area contributed by atoms with Crippen LogP contribution in [0.4, 0.5) is 5.69 Å². The van der Waals surface area contributed by atoms with E-state index in [1.165, 1.54) is 43.4 Å². The number of thioether (sulfide) groups is 1. The van der Waals surface area contributed by atoms with Gasteiger partial charge in [-0.3, -0.25) is 0 Å². The molecule has 0 saturated carbocycles. The highest BCUT2D eigenvalue weighted by Gasteiger charge is 2.29. The fraction of sp³-hybridized carbons (Fsp3) is 0.400. The number of hydrogen-bond acceptors (Lipinski definition) is 5. The molecule has 1 aliphatic heterocycles. The van der Waals surface area contributed by atoms with Crippen molar-refractivity contribution < 1.29 is 18.8 Å². The Morgan fingerprint density at radius 1 is 1.00 bits per heavy atom. The molecule has 2 aliphatic rings. The van der Waals surface area contributed by atoms with Gasteiger partial charge in [0.2, 0.25) is 0 Å². The number of aryl methyl sites for hydroxylation is 3. The van der Waals surface area contributed by atoms with Crippen molar-refractivity contribution in [2.75, 3.05) is 39.4 Å². The zero-order valence-corrected chi connectivity index (χ0v) is 26.6. The first-order valence-electron chi connectivity index (χ1n) is 14.4. The molecule has 6 heteroatoms. The monoisotopic (exact) mass is 571 g/mol. The Balaban J connectivity index is 1.59. The minimum absolute atomic E-state index is 0.150. The predicted octanol–water partition coefficient (Wildman–Crippen LogP) is 8.01. The van der Waals surface area contributed by atoms with Crippen LogP contribution in [0.1, 0.15) is 50.3 Å². The summed E-state index contributed by atoms with van der Waals surface area (Å²) in [6, 6.07) is 11.0. The van der Waals surface area contributed by atoms with E-state index in [0.29, 0.717) is 6.61 Å². The molecule has 2 heterocycles. The van der Waals surface area contributed by atoms with Gasteiger partial charge in [-0.15, -0.1) is 0 Å². The van der Waals surface area contributed by atoms with E-state index in [4.69, 9.17) is 14.2 Å². The van der Waals surface area contributed by atoms with Crippen molar-refractivity contribution in [3.63, 3.8) is 0 Å². The normalized spacial score (nSPS) is 18.2. The third-order valence-electron chi connectivity index (χ3n) is 8.13. The molecule has 5 nitrogen and oxygen atoms in total. The van der Waals surface area contributed by atoms with Crippen LogP contribution >= 0.6 is 11.8 Å². The van der Waals surface area contributed by atoms with Gasteiger partial charge in [0.25, 0.3) is 5.52 Å². The predicted molar refractivity (Wildman–Crippen MR) is 171 cm³/mol. The third-order valence-corrected chi connectivity index (χ3v) is 9.22. The summed E-state index contributed by atoms with van der Waals surface area (Å²) in [6.45, 7) is 13.7. The van der Waals surface area contributed by atoms with Crippen molar-refractivity contribution in [2.24, 2.45) is 5.41 Å². The molecule has 0 atom stereocenters. The number of nitrogens with zero attached hydrogens (tertiary/aromatic N) is 2. The van der Waals surface area contributed by atoms with Crippen molar-refractivity contribution in [1.82, 2.24) is 0 Å². The fourth-order valence-electron chi connectivity index (χ4n) is 6.02. The average molecular weight is 572 g/mol. The molecular formula is C35H43N2O3S+. The second-order valence-electron chi connectivity index (χ2n) is 11.9. The van der Waals surface area contributed by atoms with E-state index in [1.54, 1.807) is 21.3 Å². The number of pyridine rings is 1. The van der Waals surface area contributed by atoms with Gasteiger partial charge in [0.15, 0.2) is 11.9 Å². The summed E-state index contributed by atoms with van der Waals surface area (Å²) in [5, 5.41) is 2.40. The summed E-state index contributed by atoms with van der Waals surface area (Å²) >= 11 is 1.87. The van der Waals surface area contributed by atoms with Crippen LogP contribution < -0.4 is 18.9 Å². The van der Waals surface area contributed by atoms with Crippen molar-refractivity contribution >= 4 is 34.4 Å². The van der Waals surface area contributed by atoms with Crippen molar-refractivity contribution in [1.29, 1.82) is 0 Å². The number of ether oxygens (including phenoxy) is 3. The summed E-state index contributed by atoms with van der Waals surface area (Å²) < 4.78 is 19.2. The summed E-state index contributed by atoms with van der Waals surface area (Å²) in [7, 11) is 5.21. The Kier molecular flexibility index (Phi) is 8.53. The summed E-state index contributed by atoms with van der Waals surface area (Å²) in [6.07, 6.45) is 11.4. The maximum absolute atomic E-state index is 5.80. The van der Waals surface area contributed by atoms with Gasteiger partial charge in [0, 0.05) is 30.7 Å². The molecule has 0 spiro atoms. The summed E-state index contributed by atoms with van der Waals surface area (Å²) in [5.74, 6) is 1.62. The van der Waals surface area contributed by atoms with Crippen LogP contribution in [0.3, 0.4) is 0 Å². The molecule has 0 radical (unpaired) electrons. The van der Waals surface area contributed by atoms with E-state index in [1.807, 2.05) is 17.8 Å². The van der Waals surface area contributed by atoms with Gasteiger partial charge in [-0.1, -0.05) is 37.8 Å². The second kappa shape index (κ2) is 11.9. The van der Waals surface area contributed by atoms with E-state index < -0.39 is 0 Å². The van der Waals surface area contributed by atoms with Gasteiger partial charge in [0.05, 0.1) is 36.9 Å². The molecular weight excluding hydrogens is 528 g/mol. The van der Waals surface area contributed by atoms with Crippen molar-refractivity contribution in [2.45, 2.75) is 58.9 Å². The van der Waals surface area contributed by atoms with Gasteiger partial charge in [-0.25, -0.2) is 0 Å².